The number of thiophene rings is 1. The zero-order valence-corrected chi connectivity index (χ0v) is 12.6. The van der Waals surface area contributed by atoms with E-state index in [4.69, 9.17) is 28.5 Å². The second kappa shape index (κ2) is 6.40. The van der Waals surface area contributed by atoms with Crippen molar-refractivity contribution in [1.82, 2.24) is 5.32 Å². The van der Waals surface area contributed by atoms with Crippen molar-refractivity contribution in [2.45, 2.75) is 19.5 Å². The number of nitrogens with one attached hydrogen (secondary N) is 1. The molecule has 0 radical (unpaired) electrons. The Bertz CT molecular complexity index is 616. The Morgan fingerprint density at radius 2 is 2.11 bits per heavy atom. The average molecular weight is 311 g/mol. The maximum absolute atomic E-state index is 8.77. The molecule has 0 spiro atoms. The predicted molar refractivity (Wildman–Crippen MR) is 80.8 cm³/mol. The molecule has 1 aromatic carbocycles. The third-order valence-corrected chi connectivity index (χ3v) is 4.48. The predicted octanol–water partition coefficient (Wildman–Crippen LogP) is 4.78. The smallest absolute Gasteiger partial charge is 0.100 e. The summed E-state index contributed by atoms with van der Waals surface area (Å²) in [5.41, 5.74) is 1.80. The average Bonchev–Trinajstić information content (AvgIpc) is 2.87. The number of nitriles is 1. The number of hydrogen-bond donors (Lipinski definition) is 1. The monoisotopic (exact) mass is 310 g/mol. The summed E-state index contributed by atoms with van der Waals surface area (Å²) in [6.45, 7) is 2.80. The molecule has 2 nitrogen and oxygen atoms in total. The van der Waals surface area contributed by atoms with Crippen molar-refractivity contribution in [3.63, 3.8) is 0 Å². The van der Waals surface area contributed by atoms with E-state index in [1.54, 1.807) is 17.4 Å². The lowest BCUT2D eigenvalue weighted by Crippen LogP contribution is -2.17. The maximum atomic E-state index is 8.77. The van der Waals surface area contributed by atoms with Crippen LogP contribution in [0.4, 0.5) is 0 Å². The minimum Gasteiger partial charge on any atom is -0.305 e. The second-order valence-corrected chi connectivity index (χ2v) is 6.00. The van der Waals surface area contributed by atoms with Crippen LogP contribution in [0.1, 0.15) is 29.0 Å². The molecule has 5 heteroatoms. The van der Waals surface area contributed by atoms with Gasteiger partial charge < -0.3 is 5.32 Å². The Kier molecular flexibility index (Phi) is 4.84. The molecular formula is C14H12Cl2N2S. The maximum Gasteiger partial charge on any atom is 0.100 e. The van der Waals surface area contributed by atoms with Gasteiger partial charge in [-0.1, -0.05) is 29.3 Å². The molecule has 19 heavy (non-hydrogen) atoms. The highest BCUT2D eigenvalue weighted by Gasteiger charge is 2.08. The van der Waals surface area contributed by atoms with Gasteiger partial charge in [0.15, 0.2) is 0 Å². The molecule has 98 valence electrons. The van der Waals surface area contributed by atoms with Gasteiger partial charge in [-0.15, -0.1) is 11.3 Å². The van der Waals surface area contributed by atoms with Gasteiger partial charge in [-0.3, -0.25) is 0 Å². The molecule has 0 saturated carbocycles. The van der Waals surface area contributed by atoms with Gasteiger partial charge >= 0.3 is 0 Å². The molecular weight excluding hydrogens is 299 g/mol. The number of rotatable bonds is 4. The van der Waals surface area contributed by atoms with Crippen molar-refractivity contribution in [2.75, 3.05) is 0 Å². The van der Waals surface area contributed by atoms with Crippen LogP contribution in [0.2, 0.25) is 10.0 Å². The van der Waals surface area contributed by atoms with Gasteiger partial charge in [0, 0.05) is 22.8 Å². The van der Waals surface area contributed by atoms with E-state index in [-0.39, 0.29) is 6.04 Å². The van der Waals surface area contributed by atoms with E-state index >= 15 is 0 Å². The quantitative estimate of drug-likeness (QED) is 0.882. The van der Waals surface area contributed by atoms with Gasteiger partial charge in [-0.05, 0) is 30.7 Å². The third kappa shape index (κ3) is 3.71. The number of halogens is 2. The Balaban J connectivity index is 1.99. The number of benzene rings is 1. The lowest BCUT2D eigenvalue weighted by atomic mass is 10.1. The van der Waals surface area contributed by atoms with Crippen LogP contribution in [0.5, 0.6) is 0 Å². The molecule has 0 bridgehead atoms. The summed E-state index contributed by atoms with van der Waals surface area (Å²) >= 11 is 13.5. The van der Waals surface area contributed by atoms with Crippen LogP contribution in [0.15, 0.2) is 29.6 Å². The van der Waals surface area contributed by atoms with Crippen LogP contribution < -0.4 is 5.32 Å². The molecule has 1 N–H and O–H groups in total. The van der Waals surface area contributed by atoms with Crippen molar-refractivity contribution in [2.24, 2.45) is 0 Å². The van der Waals surface area contributed by atoms with Crippen LogP contribution in [-0.4, -0.2) is 0 Å². The van der Waals surface area contributed by atoms with Gasteiger partial charge in [-0.25, -0.2) is 0 Å². The first-order chi connectivity index (χ1) is 9.10. The normalized spacial score (nSPS) is 12.1. The molecule has 0 saturated heterocycles. The molecule has 2 rings (SSSR count). The molecule has 2 aromatic rings. The highest BCUT2D eigenvalue weighted by molar-refractivity contribution is 7.10. The van der Waals surface area contributed by atoms with Crippen LogP contribution in [0, 0.1) is 11.3 Å². The van der Waals surface area contributed by atoms with E-state index in [1.165, 1.54) is 0 Å². The van der Waals surface area contributed by atoms with Gasteiger partial charge in [0.1, 0.15) is 6.07 Å². The first-order valence-corrected chi connectivity index (χ1v) is 7.39. The van der Waals surface area contributed by atoms with E-state index in [2.05, 4.69) is 18.3 Å². The summed E-state index contributed by atoms with van der Waals surface area (Å²) in [6, 6.07) is 9.83. The van der Waals surface area contributed by atoms with Crippen molar-refractivity contribution < 1.29 is 0 Å². The zero-order valence-electron chi connectivity index (χ0n) is 10.3. The molecule has 0 fully saturated rings. The van der Waals surface area contributed by atoms with Crippen molar-refractivity contribution >= 4 is 34.5 Å². The van der Waals surface area contributed by atoms with E-state index < -0.39 is 0 Å². The Hall–Kier alpha value is -1.05. The van der Waals surface area contributed by atoms with Crippen LogP contribution >= 0.6 is 34.5 Å². The second-order valence-electron chi connectivity index (χ2n) is 4.19. The van der Waals surface area contributed by atoms with Crippen LogP contribution in [-0.2, 0) is 6.54 Å². The molecule has 1 aromatic heterocycles. The van der Waals surface area contributed by atoms with E-state index in [0.717, 1.165) is 17.0 Å². The Morgan fingerprint density at radius 1 is 1.32 bits per heavy atom. The van der Waals surface area contributed by atoms with Gasteiger partial charge in [-0.2, -0.15) is 5.26 Å². The Labute approximate surface area is 126 Å². The number of nitrogens with zero attached hydrogens (tertiary/aromatic N) is 1. The summed E-state index contributed by atoms with van der Waals surface area (Å²) in [7, 11) is 0. The number of hydrogen-bond acceptors (Lipinski definition) is 3. The fourth-order valence-corrected chi connectivity index (χ4v) is 2.75. The lowest BCUT2D eigenvalue weighted by Gasteiger charge is -2.14. The molecule has 0 aliphatic carbocycles. The summed E-state index contributed by atoms with van der Waals surface area (Å²) in [4.78, 5) is 1.14. The molecule has 1 heterocycles. The summed E-state index contributed by atoms with van der Waals surface area (Å²) < 4.78 is 0. The van der Waals surface area contributed by atoms with Crippen molar-refractivity contribution in [3.05, 3.63) is 55.7 Å². The van der Waals surface area contributed by atoms with E-state index in [1.807, 2.05) is 23.6 Å². The highest BCUT2D eigenvalue weighted by Crippen LogP contribution is 2.25. The first kappa shape index (κ1) is 14.4. The summed E-state index contributed by atoms with van der Waals surface area (Å²) in [6.07, 6.45) is 0. The standard InChI is InChI=1S/C14H12Cl2N2S/c1-9(11-2-3-13(15)14(16)5-11)18-7-12-4-10(6-17)8-19-12/h2-5,8-9,18H,7H2,1H3. The first-order valence-electron chi connectivity index (χ1n) is 5.76. The molecule has 0 amide bonds. The van der Waals surface area contributed by atoms with Crippen molar-refractivity contribution in [3.8, 4) is 6.07 Å². The molecule has 1 atom stereocenters. The molecule has 0 aliphatic rings. The van der Waals surface area contributed by atoms with Gasteiger partial charge in [0.05, 0.1) is 15.6 Å². The van der Waals surface area contributed by atoms with Crippen LogP contribution in [0.3, 0.4) is 0 Å². The minimum absolute atomic E-state index is 0.169. The largest absolute Gasteiger partial charge is 0.305 e. The summed E-state index contributed by atoms with van der Waals surface area (Å²) in [5, 5.41) is 15.2. The fourth-order valence-electron chi connectivity index (χ4n) is 1.69. The zero-order chi connectivity index (χ0) is 13.8. The topological polar surface area (TPSA) is 35.8 Å². The van der Waals surface area contributed by atoms with Crippen molar-refractivity contribution in [1.29, 1.82) is 5.26 Å². The lowest BCUT2D eigenvalue weighted by molar-refractivity contribution is 0.579. The Morgan fingerprint density at radius 3 is 2.74 bits per heavy atom. The molecule has 1 unspecified atom stereocenters. The third-order valence-electron chi connectivity index (χ3n) is 2.81. The highest BCUT2D eigenvalue weighted by atomic mass is 35.5. The van der Waals surface area contributed by atoms with Gasteiger partial charge in [0.2, 0.25) is 0 Å². The van der Waals surface area contributed by atoms with Gasteiger partial charge in [0.25, 0.3) is 0 Å². The van der Waals surface area contributed by atoms with E-state index in [0.29, 0.717) is 15.6 Å². The SMILES string of the molecule is CC(NCc1cc(C#N)cs1)c1ccc(Cl)c(Cl)c1. The fraction of sp³-hybridized carbons (Fsp3) is 0.214. The van der Waals surface area contributed by atoms with Crippen LogP contribution in [0.25, 0.3) is 0 Å². The molecule has 0 aliphatic heterocycles. The summed E-state index contributed by atoms with van der Waals surface area (Å²) in [5.74, 6) is 0. The minimum atomic E-state index is 0.169. The van der Waals surface area contributed by atoms with E-state index in [9.17, 15) is 0 Å².